The van der Waals surface area contributed by atoms with E-state index >= 15 is 0 Å². The first-order chi connectivity index (χ1) is 9.77. The molecule has 0 rings (SSSR count). The Morgan fingerprint density at radius 1 is 0.900 bits per heavy atom. The highest BCUT2D eigenvalue weighted by molar-refractivity contribution is 7.99. The molecule has 0 amide bonds. The van der Waals surface area contributed by atoms with Crippen LogP contribution >= 0.6 is 11.8 Å². The van der Waals surface area contributed by atoms with Crippen LogP contribution in [0.15, 0.2) is 12.2 Å². The van der Waals surface area contributed by atoms with Gasteiger partial charge in [0.2, 0.25) is 0 Å². The van der Waals surface area contributed by atoms with Crippen LogP contribution in [0.25, 0.3) is 0 Å². The normalized spacial score (nSPS) is 11.2. The number of carboxylic acid groups (broad SMARTS) is 1. The first-order valence-corrected chi connectivity index (χ1v) is 9.37. The second kappa shape index (κ2) is 16.6. The summed E-state index contributed by atoms with van der Waals surface area (Å²) in [6, 6.07) is 0. The van der Waals surface area contributed by atoms with Gasteiger partial charge in [-0.05, 0) is 37.2 Å². The van der Waals surface area contributed by atoms with Crippen molar-refractivity contribution in [1.29, 1.82) is 0 Å². The Bertz CT molecular complexity index is 239. The average molecular weight is 301 g/mol. The molecule has 0 spiro atoms. The number of rotatable bonds is 15. The van der Waals surface area contributed by atoms with Crippen molar-refractivity contribution < 1.29 is 9.90 Å². The molecule has 3 heteroatoms. The minimum atomic E-state index is -0.743. The maximum atomic E-state index is 10.3. The molecule has 0 atom stereocenters. The molecule has 0 aliphatic rings. The maximum Gasteiger partial charge on any atom is 0.307 e. The van der Waals surface area contributed by atoms with Gasteiger partial charge < -0.3 is 5.11 Å². The molecule has 0 heterocycles. The number of aliphatic carboxylic acids is 1. The Hall–Kier alpha value is -0.440. The van der Waals surface area contributed by atoms with Crippen molar-refractivity contribution in [2.45, 2.75) is 77.6 Å². The molecule has 0 bridgehead atoms. The predicted octanol–water partition coefficient (Wildman–Crippen LogP) is 5.67. The highest BCUT2D eigenvalue weighted by atomic mass is 32.2. The second-order valence-electron chi connectivity index (χ2n) is 5.30. The molecule has 0 aliphatic carbocycles. The summed E-state index contributed by atoms with van der Waals surface area (Å²) in [4.78, 5) is 10.3. The first kappa shape index (κ1) is 19.6. The van der Waals surface area contributed by atoms with E-state index in [-0.39, 0.29) is 6.42 Å². The lowest BCUT2D eigenvalue weighted by Crippen LogP contribution is -1.89. The Labute approximate surface area is 129 Å². The summed E-state index contributed by atoms with van der Waals surface area (Å²) >= 11 is 2.11. The molecule has 1 N–H and O–H groups in total. The molecule has 118 valence electrons. The van der Waals surface area contributed by atoms with Gasteiger partial charge in [-0.2, -0.15) is 11.8 Å². The van der Waals surface area contributed by atoms with Crippen molar-refractivity contribution in [2.24, 2.45) is 0 Å². The van der Waals surface area contributed by atoms with Crippen molar-refractivity contribution in [3.63, 3.8) is 0 Å². The van der Waals surface area contributed by atoms with Gasteiger partial charge in [0.15, 0.2) is 0 Å². The van der Waals surface area contributed by atoms with Crippen LogP contribution in [0, 0.1) is 0 Å². The van der Waals surface area contributed by atoms with Crippen molar-refractivity contribution in [3.05, 3.63) is 12.2 Å². The second-order valence-corrected chi connectivity index (χ2v) is 6.52. The molecule has 0 aromatic heterocycles. The predicted molar refractivity (Wildman–Crippen MR) is 90.6 cm³/mol. The topological polar surface area (TPSA) is 37.3 Å². The van der Waals surface area contributed by atoms with Crippen LogP contribution in [0.3, 0.4) is 0 Å². The number of carboxylic acids is 1. The van der Waals surface area contributed by atoms with Gasteiger partial charge in [-0.1, -0.05) is 57.6 Å². The Morgan fingerprint density at radius 2 is 1.50 bits per heavy atom. The zero-order valence-electron chi connectivity index (χ0n) is 13.1. The number of hydrogen-bond donors (Lipinski definition) is 1. The van der Waals surface area contributed by atoms with Crippen LogP contribution in [-0.2, 0) is 4.79 Å². The Balaban J connectivity index is 3.02. The smallest absolute Gasteiger partial charge is 0.307 e. The van der Waals surface area contributed by atoms with Crippen LogP contribution in [0.5, 0.6) is 0 Å². The summed E-state index contributed by atoms with van der Waals surface area (Å²) < 4.78 is 0. The highest BCUT2D eigenvalue weighted by Gasteiger charge is 1.93. The summed E-state index contributed by atoms with van der Waals surface area (Å²) in [7, 11) is 0. The summed E-state index contributed by atoms with van der Waals surface area (Å²) in [6.07, 6.45) is 17.0. The van der Waals surface area contributed by atoms with E-state index in [0.717, 1.165) is 6.42 Å². The molecule has 0 saturated carbocycles. The highest BCUT2D eigenvalue weighted by Crippen LogP contribution is 2.12. The van der Waals surface area contributed by atoms with Crippen LogP contribution in [0.4, 0.5) is 0 Å². The van der Waals surface area contributed by atoms with E-state index in [4.69, 9.17) is 5.11 Å². The van der Waals surface area contributed by atoms with Crippen molar-refractivity contribution in [2.75, 3.05) is 11.5 Å². The van der Waals surface area contributed by atoms with Crippen LogP contribution in [-0.4, -0.2) is 22.6 Å². The minimum Gasteiger partial charge on any atom is -0.481 e. The lowest BCUT2D eigenvalue weighted by molar-refractivity contribution is -0.136. The fourth-order valence-electron chi connectivity index (χ4n) is 2.03. The van der Waals surface area contributed by atoms with E-state index in [1.807, 2.05) is 6.08 Å². The van der Waals surface area contributed by atoms with Gasteiger partial charge in [-0.3, -0.25) is 4.79 Å². The lowest BCUT2D eigenvalue weighted by Gasteiger charge is -2.02. The van der Waals surface area contributed by atoms with E-state index < -0.39 is 5.97 Å². The van der Waals surface area contributed by atoms with Gasteiger partial charge in [0, 0.05) is 0 Å². The Morgan fingerprint density at radius 3 is 2.10 bits per heavy atom. The molecular formula is C17H32O2S. The average Bonchev–Trinajstić information content (AvgIpc) is 2.43. The van der Waals surface area contributed by atoms with Crippen molar-refractivity contribution in [1.82, 2.24) is 0 Å². The molecule has 0 fully saturated rings. The van der Waals surface area contributed by atoms with E-state index in [9.17, 15) is 4.79 Å². The van der Waals surface area contributed by atoms with Crippen LogP contribution in [0.2, 0.25) is 0 Å². The summed E-state index contributed by atoms with van der Waals surface area (Å²) in [5, 5.41) is 8.46. The third-order valence-electron chi connectivity index (χ3n) is 3.26. The molecule has 20 heavy (non-hydrogen) atoms. The van der Waals surface area contributed by atoms with Crippen LogP contribution < -0.4 is 0 Å². The van der Waals surface area contributed by atoms with Gasteiger partial charge in [0.25, 0.3) is 0 Å². The maximum absolute atomic E-state index is 10.3. The molecule has 0 saturated heterocycles. The van der Waals surface area contributed by atoms with E-state index in [1.165, 1.54) is 69.3 Å². The van der Waals surface area contributed by atoms with E-state index in [1.54, 1.807) is 6.08 Å². The van der Waals surface area contributed by atoms with Gasteiger partial charge in [-0.15, -0.1) is 0 Å². The van der Waals surface area contributed by atoms with Crippen LogP contribution in [0.1, 0.15) is 77.6 Å². The number of allylic oxidation sites excluding steroid dienone is 1. The lowest BCUT2D eigenvalue weighted by atomic mass is 10.1. The van der Waals surface area contributed by atoms with Gasteiger partial charge >= 0.3 is 5.97 Å². The van der Waals surface area contributed by atoms with Gasteiger partial charge in [-0.25, -0.2) is 0 Å². The Kier molecular flexibility index (Phi) is 16.2. The fraction of sp³-hybridized carbons (Fsp3) is 0.824. The summed E-state index contributed by atoms with van der Waals surface area (Å²) in [5.41, 5.74) is 0. The number of carbonyl (C=O) groups is 1. The zero-order valence-corrected chi connectivity index (χ0v) is 13.9. The van der Waals surface area contributed by atoms with Crippen molar-refractivity contribution in [3.8, 4) is 0 Å². The number of unbranched alkanes of at least 4 members (excludes halogenated alkanes) is 8. The molecule has 0 unspecified atom stereocenters. The quantitative estimate of drug-likeness (QED) is 0.313. The summed E-state index contributed by atoms with van der Waals surface area (Å²) in [5.74, 6) is 1.90. The van der Waals surface area contributed by atoms with Gasteiger partial charge in [0.05, 0.1) is 6.42 Å². The number of hydrogen-bond acceptors (Lipinski definition) is 2. The number of thioether (sulfide) groups is 1. The largest absolute Gasteiger partial charge is 0.481 e. The van der Waals surface area contributed by atoms with E-state index in [2.05, 4.69) is 18.7 Å². The molecule has 2 nitrogen and oxygen atoms in total. The molecule has 0 radical (unpaired) electrons. The van der Waals surface area contributed by atoms with Gasteiger partial charge in [0.1, 0.15) is 0 Å². The SMILES string of the molecule is CCCCCCCSCCCCCCC=CCC(=O)O. The molecular weight excluding hydrogens is 268 g/mol. The third kappa shape index (κ3) is 17.6. The monoisotopic (exact) mass is 300 g/mol. The van der Waals surface area contributed by atoms with E-state index in [0.29, 0.717) is 0 Å². The molecule has 0 aromatic carbocycles. The third-order valence-corrected chi connectivity index (χ3v) is 4.42. The minimum absolute atomic E-state index is 0.162. The summed E-state index contributed by atoms with van der Waals surface area (Å²) in [6.45, 7) is 2.26. The first-order valence-electron chi connectivity index (χ1n) is 8.22. The zero-order chi connectivity index (χ0) is 14.9. The fourth-order valence-corrected chi connectivity index (χ4v) is 3.05. The van der Waals surface area contributed by atoms with Crippen molar-refractivity contribution >= 4 is 17.7 Å². The molecule has 0 aliphatic heterocycles. The molecule has 0 aromatic rings. The standard InChI is InChI=1S/C17H32O2S/c1-2-3-4-9-12-15-20-16-13-10-7-5-6-8-11-14-17(18)19/h8,11H,2-7,9-10,12-16H2,1H3,(H,18,19).